The maximum Gasteiger partial charge on any atom is 0.123 e. The Bertz CT molecular complexity index is 930. The number of aliphatic hydroxyl groups is 1. The summed E-state index contributed by atoms with van der Waals surface area (Å²) in [5.74, 6) is -0.669. The maximum absolute atomic E-state index is 13.4. The highest BCUT2D eigenvalue weighted by Crippen LogP contribution is 2.30. The van der Waals surface area contributed by atoms with Crippen LogP contribution in [0, 0.1) is 11.6 Å². The number of hydrogen-bond acceptors (Lipinski definition) is 3. The minimum atomic E-state index is -0.711. The first kappa shape index (κ1) is 21.6. The van der Waals surface area contributed by atoms with Crippen molar-refractivity contribution in [2.45, 2.75) is 37.5 Å². The molecule has 0 heterocycles. The van der Waals surface area contributed by atoms with Crippen molar-refractivity contribution in [1.82, 2.24) is 5.32 Å². The molecule has 0 amide bonds. The van der Waals surface area contributed by atoms with E-state index in [4.69, 9.17) is 4.74 Å². The van der Waals surface area contributed by atoms with Crippen LogP contribution in [0.2, 0.25) is 0 Å². The van der Waals surface area contributed by atoms with Gasteiger partial charge in [0.1, 0.15) is 17.7 Å². The van der Waals surface area contributed by atoms with E-state index in [0.717, 1.165) is 30.4 Å². The zero-order chi connectivity index (χ0) is 21.6. The predicted molar refractivity (Wildman–Crippen MR) is 117 cm³/mol. The molecular formula is C26H27F2NO2. The number of fused-ring (bicyclic) bond motifs is 1. The van der Waals surface area contributed by atoms with E-state index in [0.29, 0.717) is 6.54 Å². The van der Waals surface area contributed by atoms with E-state index < -0.39 is 12.2 Å². The molecule has 2 N–H and O–H groups in total. The second-order valence-corrected chi connectivity index (χ2v) is 8.02. The lowest BCUT2D eigenvalue weighted by molar-refractivity contribution is 0.00537. The van der Waals surface area contributed by atoms with E-state index >= 15 is 0 Å². The maximum atomic E-state index is 13.4. The minimum absolute atomic E-state index is 0.0980. The number of aliphatic hydroxyl groups excluding tert-OH is 1. The Hall–Kier alpha value is -2.60. The zero-order valence-corrected chi connectivity index (χ0v) is 17.3. The zero-order valence-electron chi connectivity index (χ0n) is 17.3. The molecular weight excluding hydrogens is 396 g/mol. The van der Waals surface area contributed by atoms with Crippen LogP contribution in [0.5, 0.6) is 0 Å². The highest BCUT2D eigenvalue weighted by Gasteiger charge is 2.21. The molecule has 0 fully saturated rings. The van der Waals surface area contributed by atoms with Gasteiger partial charge >= 0.3 is 0 Å². The molecule has 1 aliphatic carbocycles. The minimum Gasteiger partial charge on any atom is -0.389 e. The number of hydrogen-bond donors (Lipinski definition) is 2. The summed E-state index contributed by atoms with van der Waals surface area (Å²) in [4.78, 5) is 0. The van der Waals surface area contributed by atoms with Crippen LogP contribution in [0.1, 0.15) is 47.2 Å². The third kappa shape index (κ3) is 5.56. The lowest BCUT2D eigenvalue weighted by atomic mass is 9.88. The van der Waals surface area contributed by atoms with Gasteiger partial charge < -0.3 is 15.2 Å². The van der Waals surface area contributed by atoms with Crippen molar-refractivity contribution in [3.63, 3.8) is 0 Å². The van der Waals surface area contributed by atoms with Gasteiger partial charge in [-0.25, -0.2) is 8.78 Å². The fourth-order valence-electron chi connectivity index (χ4n) is 4.17. The van der Waals surface area contributed by atoms with Crippen molar-refractivity contribution in [1.29, 1.82) is 0 Å². The number of rotatable bonds is 8. The fourth-order valence-corrected chi connectivity index (χ4v) is 4.17. The Morgan fingerprint density at radius 1 is 0.903 bits per heavy atom. The van der Waals surface area contributed by atoms with Crippen molar-refractivity contribution in [3.8, 4) is 0 Å². The van der Waals surface area contributed by atoms with Crippen LogP contribution in [0.15, 0.2) is 72.8 Å². The van der Waals surface area contributed by atoms with Crippen LogP contribution < -0.4 is 5.32 Å². The van der Waals surface area contributed by atoms with E-state index in [1.54, 1.807) is 24.3 Å². The Morgan fingerprint density at radius 3 is 2.16 bits per heavy atom. The molecule has 0 aliphatic heterocycles. The highest BCUT2D eigenvalue weighted by molar-refractivity contribution is 5.32. The average Bonchev–Trinajstić information content (AvgIpc) is 2.80. The van der Waals surface area contributed by atoms with E-state index in [-0.39, 0.29) is 24.3 Å². The van der Waals surface area contributed by atoms with Crippen LogP contribution in [-0.4, -0.2) is 24.4 Å². The molecule has 0 saturated heterocycles. The van der Waals surface area contributed by atoms with Gasteiger partial charge in [0.2, 0.25) is 0 Å². The summed E-state index contributed by atoms with van der Waals surface area (Å²) in [7, 11) is 0. The van der Waals surface area contributed by atoms with Gasteiger partial charge in [0, 0.05) is 12.6 Å². The summed E-state index contributed by atoms with van der Waals surface area (Å²) in [6, 6.07) is 20.7. The normalized spacial score (nSPS) is 16.8. The van der Waals surface area contributed by atoms with E-state index in [9.17, 15) is 13.9 Å². The Morgan fingerprint density at radius 2 is 1.52 bits per heavy atom. The molecule has 31 heavy (non-hydrogen) atoms. The van der Waals surface area contributed by atoms with Crippen molar-refractivity contribution in [3.05, 3.63) is 107 Å². The van der Waals surface area contributed by atoms with Gasteiger partial charge in [0.05, 0.1) is 12.7 Å². The second kappa shape index (κ2) is 10.1. The van der Waals surface area contributed by atoms with Gasteiger partial charge in [-0.15, -0.1) is 0 Å². The number of benzene rings is 3. The van der Waals surface area contributed by atoms with Crippen LogP contribution in [-0.2, 0) is 11.2 Å². The summed E-state index contributed by atoms with van der Waals surface area (Å²) in [6.45, 7) is 0.499. The molecule has 162 valence electrons. The first-order chi connectivity index (χ1) is 15.1. The van der Waals surface area contributed by atoms with Gasteiger partial charge in [-0.1, -0.05) is 48.5 Å². The summed E-state index contributed by atoms with van der Waals surface area (Å²) in [5.41, 5.74) is 4.16. The second-order valence-electron chi connectivity index (χ2n) is 8.02. The molecule has 0 radical (unpaired) electrons. The summed E-state index contributed by atoms with van der Waals surface area (Å²) in [5, 5.41) is 14.0. The van der Waals surface area contributed by atoms with Crippen LogP contribution in [0.25, 0.3) is 0 Å². The fraction of sp³-hybridized carbons (Fsp3) is 0.308. The van der Waals surface area contributed by atoms with Gasteiger partial charge in [-0.2, -0.15) is 0 Å². The molecule has 3 aromatic rings. The lowest BCUT2D eigenvalue weighted by Crippen LogP contribution is -2.35. The number of halogens is 2. The summed E-state index contributed by atoms with van der Waals surface area (Å²) < 4.78 is 32.8. The molecule has 2 atom stereocenters. The predicted octanol–water partition coefficient (Wildman–Crippen LogP) is 5.10. The molecule has 0 saturated carbocycles. The van der Waals surface area contributed by atoms with Crippen molar-refractivity contribution >= 4 is 0 Å². The molecule has 0 bridgehead atoms. The third-order valence-corrected chi connectivity index (χ3v) is 5.77. The molecule has 3 nitrogen and oxygen atoms in total. The Balaban J connectivity index is 1.39. The van der Waals surface area contributed by atoms with Crippen LogP contribution in [0.4, 0.5) is 8.78 Å². The first-order valence-corrected chi connectivity index (χ1v) is 10.7. The topological polar surface area (TPSA) is 41.5 Å². The van der Waals surface area contributed by atoms with Crippen molar-refractivity contribution in [2.75, 3.05) is 13.2 Å². The number of ether oxygens (including phenoxy) is 1. The van der Waals surface area contributed by atoms with Gasteiger partial charge in [-0.05, 0) is 65.8 Å². The van der Waals surface area contributed by atoms with Crippen molar-refractivity contribution < 1.29 is 18.6 Å². The van der Waals surface area contributed by atoms with Gasteiger partial charge in [-0.3, -0.25) is 0 Å². The van der Waals surface area contributed by atoms with E-state index in [1.807, 2.05) is 6.07 Å². The molecule has 3 aromatic carbocycles. The Kier molecular flexibility index (Phi) is 7.07. The van der Waals surface area contributed by atoms with Crippen molar-refractivity contribution in [2.24, 2.45) is 0 Å². The quantitative estimate of drug-likeness (QED) is 0.530. The summed E-state index contributed by atoms with van der Waals surface area (Å²) in [6.07, 6.45) is 2.03. The smallest absolute Gasteiger partial charge is 0.123 e. The van der Waals surface area contributed by atoms with Gasteiger partial charge in [0.15, 0.2) is 0 Å². The molecule has 1 aliphatic rings. The molecule has 0 aromatic heterocycles. The van der Waals surface area contributed by atoms with Crippen LogP contribution >= 0.6 is 0 Å². The molecule has 5 heteroatoms. The summed E-state index contributed by atoms with van der Waals surface area (Å²) >= 11 is 0. The molecule has 0 spiro atoms. The van der Waals surface area contributed by atoms with E-state index in [1.165, 1.54) is 35.4 Å². The van der Waals surface area contributed by atoms with Crippen LogP contribution in [0.3, 0.4) is 0 Å². The number of nitrogens with one attached hydrogen (secondary N) is 1. The van der Waals surface area contributed by atoms with E-state index in [2.05, 4.69) is 23.5 Å². The standard InChI is InChI=1S/C26H27F2NO2/c27-21-12-8-19(9-13-21)26(20-10-14-22(28)15-11-20)31-17-23(30)16-29-25-7-3-5-18-4-1-2-6-24(18)25/h1-2,4,6,8-15,23,25-26,29-30H,3,5,7,16-17H2. The molecule has 4 rings (SSSR count). The van der Waals surface area contributed by atoms with Gasteiger partial charge in [0.25, 0.3) is 0 Å². The number of aryl methyl sites for hydroxylation is 1. The Labute approximate surface area is 181 Å². The first-order valence-electron chi connectivity index (χ1n) is 10.7. The monoisotopic (exact) mass is 423 g/mol. The third-order valence-electron chi connectivity index (χ3n) is 5.77. The lowest BCUT2D eigenvalue weighted by Gasteiger charge is -2.28. The molecule has 2 unspecified atom stereocenters. The average molecular weight is 424 g/mol. The highest BCUT2D eigenvalue weighted by atomic mass is 19.1. The largest absolute Gasteiger partial charge is 0.389 e. The SMILES string of the molecule is OC(CNC1CCCc2ccccc21)COC(c1ccc(F)cc1)c1ccc(F)cc1.